The van der Waals surface area contributed by atoms with Crippen LogP contribution in [0.3, 0.4) is 0 Å². The molecule has 2 heterocycles. The van der Waals surface area contributed by atoms with Gasteiger partial charge in [-0.3, -0.25) is 5.10 Å². The minimum atomic E-state index is 0.659. The molecule has 1 saturated heterocycles. The van der Waals surface area contributed by atoms with Crippen LogP contribution in [0.1, 0.15) is 36.9 Å². The summed E-state index contributed by atoms with van der Waals surface area (Å²) in [6.45, 7) is 4.46. The van der Waals surface area contributed by atoms with E-state index in [4.69, 9.17) is 0 Å². The Kier molecular flexibility index (Phi) is 2.64. The molecule has 2 rings (SSSR count). The molecule has 0 bridgehead atoms. The quantitative estimate of drug-likeness (QED) is 0.721. The smallest absolute Gasteiger partial charge is 0.0522 e. The van der Waals surface area contributed by atoms with E-state index in [0.29, 0.717) is 5.92 Å². The highest BCUT2D eigenvalue weighted by Crippen LogP contribution is 2.24. The van der Waals surface area contributed by atoms with Gasteiger partial charge in [0.05, 0.1) is 6.20 Å². The molecule has 3 nitrogen and oxygen atoms in total. The number of rotatable bonds is 2. The molecule has 0 aromatic carbocycles. The fourth-order valence-corrected chi connectivity index (χ4v) is 2.05. The molecule has 1 aromatic rings. The lowest BCUT2D eigenvalue weighted by Gasteiger charge is -2.22. The average Bonchev–Trinajstić information content (AvgIpc) is 2.67. The number of hydrogen-bond acceptors (Lipinski definition) is 2. The van der Waals surface area contributed by atoms with Crippen LogP contribution < -0.4 is 5.32 Å². The molecular weight excluding hydrogens is 162 g/mol. The first-order chi connectivity index (χ1) is 6.42. The third-order valence-corrected chi connectivity index (χ3v) is 2.84. The van der Waals surface area contributed by atoms with E-state index in [9.17, 15) is 0 Å². The topological polar surface area (TPSA) is 40.7 Å². The predicted molar refractivity (Wildman–Crippen MR) is 52.8 cm³/mol. The highest BCUT2D eigenvalue weighted by atomic mass is 15.1. The van der Waals surface area contributed by atoms with E-state index >= 15 is 0 Å². The van der Waals surface area contributed by atoms with Crippen LogP contribution in [0.4, 0.5) is 0 Å². The molecule has 1 atom stereocenters. The van der Waals surface area contributed by atoms with E-state index in [0.717, 1.165) is 13.0 Å². The van der Waals surface area contributed by atoms with Crippen molar-refractivity contribution >= 4 is 0 Å². The maximum atomic E-state index is 4.12. The largest absolute Gasteiger partial charge is 0.316 e. The first kappa shape index (κ1) is 8.75. The number of aryl methyl sites for hydroxylation is 1. The van der Waals surface area contributed by atoms with E-state index in [1.165, 1.54) is 30.6 Å². The summed E-state index contributed by atoms with van der Waals surface area (Å²) in [5.74, 6) is 0.659. The van der Waals surface area contributed by atoms with Gasteiger partial charge >= 0.3 is 0 Å². The Hall–Kier alpha value is -0.830. The summed E-state index contributed by atoms with van der Waals surface area (Å²) in [6.07, 6.45) is 5.63. The zero-order chi connectivity index (χ0) is 9.10. The summed E-state index contributed by atoms with van der Waals surface area (Å²) in [6, 6.07) is 0. The van der Waals surface area contributed by atoms with Gasteiger partial charge in [-0.1, -0.05) is 6.92 Å². The zero-order valence-corrected chi connectivity index (χ0v) is 8.14. The molecule has 1 fully saturated rings. The molecule has 1 aromatic heterocycles. The lowest BCUT2D eigenvalue weighted by molar-refractivity contribution is 0.452. The number of aromatic amines is 1. The molecule has 2 N–H and O–H groups in total. The molecular formula is C10H17N3. The maximum absolute atomic E-state index is 4.12. The SMILES string of the molecule is CCc1cn[nH]c1C1CCCNC1. The Balaban J connectivity index is 2.13. The van der Waals surface area contributed by atoms with Crippen molar-refractivity contribution in [1.29, 1.82) is 0 Å². The molecule has 0 amide bonds. The average molecular weight is 179 g/mol. The van der Waals surface area contributed by atoms with Gasteiger partial charge in [-0.2, -0.15) is 5.10 Å². The number of H-pyrrole nitrogens is 1. The van der Waals surface area contributed by atoms with Gasteiger partial charge in [-0.05, 0) is 31.4 Å². The molecule has 0 aliphatic carbocycles. The molecule has 13 heavy (non-hydrogen) atoms. The first-order valence-electron chi connectivity index (χ1n) is 5.14. The van der Waals surface area contributed by atoms with E-state index in [2.05, 4.69) is 22.4 Å². The summed E-state index contributed by atoms with van der Waals surface area (Å²) in [5.41, 5.74) is 2.74. The summed E-state index contributed by atoms with van der Waals surface area (Å²) in [5, 5.41) is 10.7. The van der Waals surface area contributed by atoms with Gasteiger partial charge in [0.25, 0.3) is 0 Å². The monoisotopic (exact) mass is 179 g/mol. The molecule has 72 valence electrons. The van der Waals surface area contributed by atoms with Crippen LogP contribution in [0.15, 0.2) is 6.20 Å². The standard InChI is InChI=1S/C10H17N3/c1-2-8-7-12-13-10(8)9-4-3-5-11-6-9/h7,9,11H,2-6H2,1H3,(H,12,13). The number of hydrogen-bond donors (Lipinski definition) is 2. The number of nitrogens with zero attached hydrogens (tertiary/aromatic N) is 1. The Labute approximate surface area is 78.9 Å². The van der Waals surface area contributed by atoms with Crippen molar-refractivity contribution in [2.24, 2.45) is 0 Å². The molecule has 3 heteroatoms. The lowest BCUT2D eigenvalue weighted by Crippen LogP contribution is -2.29. The number of nitrogens with one attached hydrogen (secondary N) is 2. The lowest BCUT2D eigenvalue weighted by atomic mass is 9.93. The van der Waals surface area contributed by atoms with Gasteiger partial charge < -0.3 is 5.32 Å². The Morgan fingerprint density at radius 1 is 1.62 bits per heavy atom. The highest BCUT2D eigenvalue weighted by molar-refractivity contribution is 5.21. The second-order valence-electron chi connectivity index (χ2n) is 3.71. The molecule has 0 spiro atoms. The van der Waals surface area contributed by atoms with Crippen molar-refractivity contribution < 1.29 is 0 Å². The molecule has 0 radical (unpaired) electrons. The van der Waals surface area contributed by atoms with Crippen LogP contribution in [-0.2, 0) is 6.42 Å². The van der Waals surface area contributed by atoms with Crippen molar-refractivity contribution in [3.05, 3.63) is 17.5 Å². The summed E-state index contributed by atoms with van der Waals surface area (Å²) < 4.78 is 0. The Bertz CT molecular complexity index is 261. The normalized spacial score (nSPS) is 23.3. The molecule has 1 aliphatic heterocycles. The van der Waals surface area contributed by atoms with Gasteiger partial charge in [0, 0.05) is 18.2 Å². The molecule has 0 saturated carbocycles. The third kappa shape index (κ3) is 1.75. The predicted octanol–water partition coefficient (Wildman–Crippen LogP) is 1.44. The van der Waals surface area contributed by atoms with Gasteiger partial charge in [0.15, 0.2) is 0 Å². The Morgan fingerprint density at radius 3 is 3.23 bits per heavy atom. The summed E-state index contributed by atoms with van der Waals surface area (Å²) in [4.78, 5) is 0. The van der Waals surface area contributed by atoms with Gasteiger partial charge in [-0.25, -0.2) is 0 Å². The second-order valence-corrected chi connectivity index (χ2v) is 3.71. The highest BCUT2D eigenvalue weighted by Gasteiger charge is 2.18. The summed E-state index contributed by atoms with van der Waals surface area (Å²) >= 11 is 0. The first-order valence-corrected chi connectivity index (χ1v) is 5.14. The summed E-state index contributed by atoms with van der Waals surface area (Å²) in [7, 11) is 0. The van der Waals surface area contributed by atoms with Crippen LogP contribution in [0, 0.1) is 0 Å². The van der Waals surface area contributed by atoms with E-state index in [1.807, 2.05) is 6.20 Å². The number of aromatic nitrogens is 2. The van der Waals surface area contributed by atoms with Crippen molar-refractivity contribution in [2.75, 3.05) is 13.1 Å². The van der Waals surface area contributed by atoms with Crippen LogP contribution in [0.5, 0.6) is 0 Å². The molecule has 1 unspecified atom stereocenters. The maximum Gasteiger partial charge on any atom is 0.0522 e. The van der Waals surface area contributed by atoms with Gasteiger partial charge in [-0.15, -0.1) is 0 Å². The fraction of sp³-hybridized carbons (Fsp3) is 0.700. The molecule has 1 aliphatic rings. The van der Waals surface area contributed by atoms with E-state index < -0.39 is 0 Å². The van der Waals surface area contributed by atoms with Crippen molar-refractivity contribution in [1.82, 2.24) is 15.5 Å². The van der Waals surface area contributed by atoms with Crippen LogP contribution in [0.25, 0.3) is 0 Å². The zero-order valence-electron chi connectivity index (χ0n) is 8.14. The Morgan fingerprint density at radius 2 is 2.54 bits per heavy atom. The van der Waals surface area contributed by atoms with Crippen molar-refractivity contribution in [3.63, 3.8) is 0 Å². The van der Waals surface area contributed by atoms with Gasteiger partial charge in [0.2, 0.25) is 0 Å². The van der Waals surface area contributed by atoms with E-state index in [-0.39, 0.29) is 0 Å². The fourth-order valence-electron chi connectivity index (χ4n) is 2.05. The van der Waals surface area contributed by atoms with Gasteiger partial charge in [0.1, 0.15) is 0 Å². The van der Waals surface area contributed by atoms with Crippen LogP contribution in [-0.4, -0.2) is 23.3 Å². The number of piperidine rings is 1. The second kappa shape index (κ2) is 3.92. The minimum absolute atomic E-state index is 0.659. The van der Waals surface area contributed by atoms with Crippen LogP contribution in [0.2, 0.25) is 0 Å². The third-order valence-electron chi connectivity index (χ3n) is 2.84. The van der Waals surface area contributed by atoms with Crippen molar-refractivity contribution in [3.8, 4) is 0 Å². The van der Waals surface area contributed by atoms with Crippen molar-refractivity contribution in [2.45, 2.75) is 32.1 Å². The van der Waals surface area contributed by atoms with Crippen LogP contribution >= 0.6 is 0 Å². The minimum Gasteiger partial charge on any atom is -0.316 e. The van der Waals surface area contributed by atoms with E-state index in [1.54, 1.807) is 0 Å².